The molecular weight excluding hydrogens is 273 g/mol. The summed E-state index contributed by atoms with van der Waals surface area (Å²) in [4.78, 5) is 15.5. The van der Waals surface area contributed by atoms with Crippen molar-refractivity contribution in [2.45, 2.75) is 20.4 Å². The van der Waals surface area contributed by atoms with Gasteiger partial charge >= 0.3 is 5.69 Å². The number of fused-ring (bicyclic) bond motifs is 1. The largest absolute Gasteiger partial charge is 0.366 e. The lowest BCUT2D eigenvalue weighted by Gasteiger charge is -2.09. The third-order valence-electron chi connectivity index (χ3n) is 3.28. The first kappa shape index (κ1) is 13.3. The standard InChI is InChI=1S/C14H14FN5O/c1-8-3-10(4-9(2)13(8)15)6-16-11-5-12-18-19-14(21)20(12)7-17-11/h3-5,7,16H,6H2,1-2H3,(H,19,21). The molecule has 2 N–H and O–H groups in total. The van der Waals surface area contributed by atoms with Gasteiger partial charge < -0.3 is 5.32 Å². The van der Waals surface area contributed by atoms with Crippen LogP contribution < -0.4 is 11.0 Å². The van der Waals surface area contributed by atoms with Gasteiger partial charge in [-0.2, -0.15) is 5.10 Å². The number of aryl methyl sites for hydroxylation is 2. The lowest BCUT2D eigenvalue weighted by Crippen LogP contribution is -2.10. The number of halogens is 1. The number of nitrogens with zero attached hydrogens (tertiary/aromatic N) is 3. The Labute approximate surface area is 119 Å². The molecule has 0 atom stereocenters. The maximum atomic E-state index is 13.6. The van der Waals surface area contributed by atoms with Crippen molar-refractivity contribution in [3.05, 3.63) is 57.5 Å². The average molecular weight is 287 g/mol. The predicted molar refractivity (Wildman–Crippen MR) is 76.8 cm³/mol. The molecule has 0 spiro atoms. The Morgan fingerprint density at radius 1 is 1.29 bits per heavy atom. The van der Waals surface area contributed by atoms with E-state index in [1.54, 1.807) is 32.0 Å². The number of rotatable bonds is 3. The highest BCUT2D eigenvalue weighted by atomic mass is 19.1. The van der Waals surface area contributed by atoms with Crippen LogP contribution in [0.5, 0.6) is 0 Å². The molecule has 2 heterocycles. The predicted octanol–water partition coefficient (Wildman–Crippen LogP) is 1.79. The summed E-state index contributed by atoms with van der Waals surface area (Å²) in [6, 6.07) is 5.26. The Kier molecular flexibility index (Phi) is 3.17. The smallest absolute Gasteiger partial charge is 0.348 e. The van der Waals surface area contributed by atoms with Crippen molar-refractivity contribution < 1.29 is 4.39 Å². The molecular formula is C14H14FN5O. The third kappa shape index (κ3) is 2.49. The van der Waals surface area contributed by atoms with E-state index in [1.807, 2.05) is 0 Å². The van der Waals surface area contributed by atoms with Crippen molar-refractivity contribution in [3.63, 3.8) is 0 Å². The van der Waals surface area contributed by atoms with Crippen molar-refractivity contribution in [2.75, 3.05) is 5.32 Å². The van der Waals surface area contributed by atoms with E-state index >= 15 is 0 Å². The number of anilines is 1. The number of nitrogens with one attached hydrogen (secondary N) is 2. The number of aromatic nitrogens is 4. The molecule has 0 saturated heterocycles. The molecule has 0 aliphatic rings. The van der Waals surface area contributed by atoms with Crippen molar-refractivity contribution in [3.8, 4) is 0 Å². The Bertz CT molecular complexity index is 844. The minimum Gasteiger partial charge on any atom is -0.366 e. The van der Waals surface area contributed by atoms with Gasteiger partial charge in [-0.15, -0.1) is 0 Å². The summed E-state index contributed by atoms with van der Waals surface area (Å²) in [6.45, 7) is 4.00. The zero-order valence-corrected chi connectivity index (χ0v) is 11.6. The molecule has 6 nitrogen and oxygen atoms in total. The van der Waals surface area contributed by atoms with Crippen molar-refractivity contribution in [1.82, 2.24) is 19.6 Å². The molecule has 7 heteroatoms. The summed E-state index contributed by atoms with van der Waals surface area (Å²) >= 11 is 0. The molecule has 3 aromatic rings. The topological polar surface area (TPSA) is 75.1 Å². The van der Waals surface area contributed by atoms with Gasteiger partial charge in [0.1, 0.15) is 18.0 Å². The molecule has 2 aromatic heterocycles. The first-order chi connectivity index (χ1) is 10.0. The molecule has 0 fully saturated rings. The van der Waals surface area contributed by atoms with E-state index in [0.717, 1.165) is 5.56 Å². The van der Waals surface area contributed by atoms with Crippen LogP contribution in [0.4, 0.5) is 10.2 Å². The SMILES string of the molecule is Cc1cc(CNc2cc3n[nH]c(=O)n3cn2)cc(C)c1F. The van der Waals surface area contributed by atoms with Gasteiger partial charge in [-0.05, 0) is 30.5 Å². The van der Waals surface area contributed by atoms with Crippen LogP contribution in [0.2, 0.25) is 0 Å². The molecule has 0 radical (unpaired) electrons. The van der Waals surface area contributed by atoms with Crippen LogP contribution in [0.15, 0.2) is 29.3 Å². The van der Waals surface area contributed by atoms with Crippen LogP contribution in [-0.2, 0) is 6.54 Å². The Morgan fingerprint density at radius 2 is 2.00 bits per heavy atom. The maximum Gasteiger partial charge on any atom is 0.348 e. The fourth-order valence-electron chi connectivity index (χ4n) is 2.24. The van der Waals surface area contributed by atoms with Crippen molar-refractivity contribution >= 4 is 11.5 Å². The van der Waals surface area contributed by atoms with Gasteiger partial charge in [-0.3, -0.25) is 0 Å². The Morgan fingerprint density at radius 3 is 2.71 bits per heavy atom. The van der Waals surface area contributed by atoms with Crippen LogP contribution in [0.1, 0.15) is 16.7 Å². The highest BCUT2D eigenvalue weighted by molar-refractivity contribution is 5.48. The number of hydrogen-bond acceptors (Lipinski definition) is 4. The third-order valence-corrected chi connectivity index (χ3v) is 3.28. The second kappa shape index (κ2) is 5.01. The molecule has 0 aliphatic heterocycles. The first-order valence-corrected chi connectivity index (χ1v) is 6.47. The second-order valence-electron chi connectivity index (χ2n) is 4.93. The lowest BCUT2D eigenvalue weighted by molar-refractivity contribution is 0.608. The lowest BCUT2D eigenvalue weighted by atomic mass is 10.1. The van der Waals surface area contributed by atoms with Gasteiger partial charge in [0.05, 0.1) is 0 Å². The average Bonchev–Trinajstić information content (AvgIpc) is 2.83. The zero-order chi connectivity index (χ0) is 15.0. The van der Waals surface area contributed by atoms with E-state index in [-0.39, 0.29) is 11.5 Å². The van der Waals surface area contributed by atoms with Gasteiger partial charge in [0.2, 0.25) is 0 Å². The molecule has 3 rings (SSSR count). The molecule has 0 saturated carbocycles. The highest BCUT2D eigenvalue weighted by Crippen LogP contribution is 2.16. The number of H-pyrrole nitrogens is 1. The van der Waals surface area contributed by atoms with E-state index in [9.17, 15) is 9.18 Å². The monoisotopic (exact) mass is 287 g/mol. The summed E-state index contributed by atoms with van der Waals surface area (Å²) in [5.74, 6) is 0.426. The van der Waals surface area contributed by atoms with E-state index in [2.05, 4.69) is 20.5 Å². The summed E-state index contributed by atoms with van der Waals surface area (Å²) in [6.07, 6.45) is 1.41. The van der Waals surface area contributed by atoms with Gasteiger partial charge in [0.15, 0.2) is 5.65 Å². The zero-order valence-electron chi connectivity index (χ0n) is 11.6. The van der Waals surface area contributed by atoms with Crippen LogP contribution >= 0.6 is 0 Å². The van der Waals surface area contributed by atoms with E-state index in [4.69, 9.17) is 0 Å². The highest BCUT2D eigenvalue weighted by Gasteiger charge is 2.05. The van der Waals surface area contributed by atoms with Crippen LogP contribution in [-0.4, -0.2) is 19.6 Å². The molecule has 0 unspecified atom stereocenters. The number of hydrogen-bond donors (Lipinski definition) is 2. The molecule has 108 valence electrons. The van der Waals surface area contributed by atoms with Crippen molar-refractivity contribution in [2.24, 2.45) is 0 Å². The summed E-state index contributed by atoms with van der Waals surface area (Å²) in [5, 5.41) is 9.35. The van der Waals surface area contributed by atoms with Crippen LogP contribution in [0.3, 0.4) is 0 Å². The van der Waals surface area contributed by atoms with Crippen LogP contribution in [0.25, 0.3) is 5.65 Å². The minimum atomic E-state index is -0.325. The molecule has 0 aliphatic carbocycles. The van der Waals surface area contributed by atoms with Gasteiger partial charge in [-0.1, -0.05) is 12.1 Å². The fourth-order valence-corrected chi connectivity index (χ4v) is 2.24. The second-order valence-corrected chi connectivity index (χ2v) is 4.93. The summed E-state index contributed by atoms with van der Waals surface area (Å²) in [5.41, 5.74) is 2.37. The van der Waals surface area contributed by atoms with Gasteiger partial charge in [0.25, 0.3) is 0 Å². The van der Waals surface area contributed by atoms with Gasteiger partial charge in [-0.25, -0.2) is 23.7 Å². The van der Waals surface area contributed by atoms with Crippen LogP contribution in [0, 0.1) is 19.7 Å². The normalized spacial score (nSPS) is 11.0. The number of aromatic amines is 1. The molecule has 0 amide bonds. The Balaban J connectivity index is 1.81. The quantitative estimate of drug-likeness (QED) is 0.770. The molecule has 21 heavy (non-hydrogen) atoms. The fraction of sp³-hybridized carbons (Fsp3) is 0.214. The minimum absolute atomic E-state index is 0.172. The van der Waals surface area contributed by atoms with E-state index < -0.39 is 0 Å². The van der Waals surface area contributed by atoms with Crippen molar-refractivity contribution in [1.29, 1.82) is 0 Å². The van der Waals surface area contributed by atoms with E-state index in [1.165, 1.54) is 10.7 Å². The summed E-state index contributed by atoms with van der Waals surface area (Å²) in [7, 11) is 0. The maximum absolute atomic E-state index is 13.6. The first-order valence-electron chi connectivity index (χ1n) is 6.47. The summed E-state index contributed by atoms with van der Waals surface area (Å²) < 4.78 is 14.9. The Hall–Kier alpha value is -2.70. The molecule has 1 aromatic carbocycles. The molecule has 0 bridgehead atoms. The number of benzene rings is 1. The van der Waals surface area contributed by atoms with E-state index in [0.29, 0.717) is 29.1 Å². The van der Waals surface area contributed by atoms with Gasteiger partial charge in [0, 0.05) is 12.6 Å².